The van der Waals surface area contributed by atoms with Gasteiger partial charge in [-0.25, -0.2) is 4.79 Å². The Morgan fingerprint density at radius 2 is 1.94 bits per heavy atom. The van der Waals surface area contributed by atoms with Crippen LogP contribution in [0.2, 0.25) is 0 Å². The molecular formula is C12H20N2O3. The van der Waals surface area contributed by atoms with E-state index < -0.39 is 11.5 Å². The van der Waals surface area contributed by atoms with Crippen LogP contribution in [0.4, 0.5) is 0 Å². The van der Waals surface area contributed by atoms with Gasteiger partial charge in [-0.2, -0.15) is 0 Å². The summed E-state index contributed by atoms with van der Waals surface area (Å²) < 4.78 is 0. The molecule has 5 nitrogen and oxygen atoms in total. The van der Waals surface area contributed by atoms with Crippen molar-refractivity contribution < 1.29 is 14.7 Å². The summed E-state index contributed by atoms with van der Waals surface area (Å²) >= 11 is 0. The molecular weight excluding hydrogens is 220 g/mol. The third kappa shape index (κ3) is 2.60. The van der Waals surface area contributed by atoms with E-state index >= 15 is 0 Å². The Kier molecular flexibility index (Phi) is 3.66. The molecule has 17 heavy (non-hydrogen) atoms. The summed E-state index contributed by atoms with van der Waals surface area (Å²) in [5.74, 6) is -1.04. The van der Waals surface area contributed by atoms with E-state index in [1.165, 1.54) is 0 Å². The van der Waals surface area contributed by atoms with Crippen LogP contribution < -0.4 is 10.6 Å². The molecule has 0 bridgehead atoms. The lowest BCUT2D eigenvalue weighted by Crippen LogP contribution is -2.57. The maximum atomic E-state index is 12.0. The van der Waals surface area contributed by atoms with E-state index in [1.54, 1.807) is 0 Å². The second-order valence-corrected chi connectivity index (χ2v) is 5.13. The summed E-state index contributed by atoms with van der Waals surface area (Å²) in [6.07, 6.45) is 4.77. The molecule has 0 aromatic rings. The number of nitrogens with one attached hydrogen (secondary N) is 2. The molecule has 2 fully saturated rings. The van der Waals surface area contributed by atoms with E-state index in [0.29, 0.717) is 19.4 Å². The third-order valence-electron chi connectivity index (χ3n) is 3.91. The van der Waals surface area contributed by atoms with Gasteiger partial charge in [0.05, 0.1) is 5.92 Å². The molecule has 1 aliphatic carbocycles. The van der Waals surface area contributed by atoms with Crippen molar-refractivity contribution in [2.24, 2.45) is 5.92 Å². The van der Waals surface area contributed by atoms with Crippen LogP contribution in [0, 0.1) is 5.92 Å². The number of rotatable bonds is 3. The van der Waals surface area contributed by atoms with E-state index in [4.69, 9.17) is 0 Å². The fraction of sp³-hybridized carbons (Fsp3) is 0.833. The summed E-state index contributed by atoms with van der Waals surface area (Å²) in [6, 6.07) is 0. The standard InChI is InChI=1S/C12H20N2O3/c15-10(9-4-7-13-8-9)14-12(11(16)17)5-2-1-3-6-12/h9,13H,1-8H2,(H,14,15)(H,16,17). The molecule has 1 atom stereocenters. The predicted molar refractivity (Wildman–Crippen MR) is 62.6 cm³/mol. The Morgan fingerprint density at radius 3 is 2.47 bits per heavy atom. The molecule has 1 unspecified atom stereocenters. The fourth-order valence-corrected chi connectivity index (χ4v) is 2.76. The number of hydrogen-bond acceptors (Lipinski definition) is 3. The Bertz CT molecular complexity index is 305. The predicted octanol–water partition coefficient (Wildman–Crippen LogP) is 0.500. The quantitative estimate of drug-likeness (QED) is 0.671. The first kappa shape index (κ1) is 12.4. The maximum Gasteiger partial charge on any atom is 0.329 e. The summed E-state index contributed by atoms with van der Waals surface area (Å²) in [7, 11) is 0. The van der Waals surface area contributed by atoms with Crippen molar-refractivity contribution in [3.63, 3.8) is 0 Å². The highest BCUT2D eigenvalue weighted by Crippen LogP contribution is 2.29. The van der Waals surface area contributed by atoms with E-state index in [9.17, 15) is 14.7 Å². The largest absolute Gasteiger partial charge is 0.480 e. The van der Waals surface area contributed by atoms with Crippen molar-refractivity contribution in [3.05, 3.63) is 0 Å². The molecule has 1 amide bonds. The minimum absolute atomic E-state index is 0.0619. The lowest BCUT2D eigenvalue weighted by Gasteiger charge is -2.34. The number of carbonyl (C=O) groups is 2. The SMILES string of the molecule is O=C(NC1(C(=O)O)CCCCC1)C1CCNC1. The molecule has 3 N–H and O–H groups in total. The minimum atomic E-state index is -1.00. The lowest BCUT2D eigenvalue weighted by atomic mass is 9.81. The van der Waals surface area contributed by atoms with Crippen LogP contribution in [0.3, 0.4) is 0 Å². The second-order valence-electron chi connectivity index (χ2n) is 5.13. The van der Waals surface area contributed by atoms with Gasteiger partial charge < -0.3 is 15.7 Å². The van der Waals surface area contributed by atoms with Crippen LogP contribution in [0.25, 0.3) is 0 Å². The summed E-state index contributed by atoms with van der Waals surface area (Å²) in [5.41, 5.74) is -1.00. The molecule has 2 rings (SSSR count). The van der Waals surface area contributed by atoms with Gasteiger partial charge in [-0.1, -0.05) is 19.3 Å². The van der Waals surface area contributed by atoms with Crippen molar-refractivity contribution in [1.29, 1.82) is 0 Å². The van der Waals surface area contributed by atoms with E-state index in [1.807, 2.05) is 0 Å². The minimum Gasteiger partial charge on any atom is -0.480 e. The number of carbonyl (C=O) groups excluding carboxylic acids is 1. The molecule has 1 saturated heterocycles. The third-order valence-corrected chi connectivity index (χ3v) is 3.91. The van der Waals surface area contributed by atoms with Crippen molar-refractivity contribution in [2.45, 2.75) is 44.1 Å². The molecule has 0 radical (unpaired) electrons. The lowest BCUT2D eigenvalue weighted by molar-refractivity contribution is -0.149. The Balaban J connectivity index is 2.01. The zero-order chi connectivity index (χ0) is 12.3. The monoisotopic (exact) mass is 240 g/mol. The number of amides is 1. The van der Waals surface area contributed by atoms with Gasteiger partial charge in [-0.3, -0.25) is 4.79 Å². The van der Waals surface area contributed by atoms with Crippen LogP contribution in [-0.4, -0.2) is 35.6 Å². The topological polar surface area (TPSA) is 78.4 Å². The summed E-state index contributed by atoms with van der Waals surface area (Å²) in [6.45, 7) is 1.51. The Labute approximate surface area is 101 Å². The molecule has 0 spiro atoms. The van der Waals surface area contributed by atoms with E-state index in [-0.39, 0.29) is 11.8 Å². The molecule has 0 aromatic carbocycles. The first-order chi connectivity index (χ1) is 8.14. The Morgan fingerprint density at radius 1 is 1.24 bits per heavy atom. The fourth-order valence-electron chi connectivity index (χ4n) is 2.76. The van der Waals surface area contributed by atoms with E-state index in [2.05, 4.69) is 10.6 Å². The molecule has 1 saturated carbocycles. The number of hydrogen-bond donors (Lipinski definition) is 3. The van der Waals surface area contributed by atoms with Crippen LogP contribution >= 0.6 is 0 Å². The normalized spacial score (nSPS) is 27.6. The van der Waals surface area contributed by atoms with Gasteiger partial charge in [0.1, 0.15) is 5.54 Å². The molecule has 1 heterocycles. The number of carboxylic acid groups (broad SMARTS) is 1. The van der Waals surface area contributed by atoms with Gasteiger partial charge in [0.15, 0.2) is 0 Å². The molecule has 96 valence electrons. The molecule has 1 aliphatic heterocycles. The van der Waals surface area contributed by atoms with Gasteiger partial charge in [-0.15, -0.1) is 0 Å². The van der Waals surface area contributed by atoms with Crippen LogP contribution in [0.1, 0.15) is 38.5 Å². The van der Waals surface area contributed by atoms with Gasteiger partial charge >= 0.3 is 5.97 Å². The average molecular weight is 240 g/mol. The van der Waals surface area contributed by atoms with Gasteiger partial charge in [0.25, 0.3) is 0 Å². The summed E-state index contributed by atoms with van der Waals surface area (Å²) in [4.78, 5) is 23.4. The van der Waals surface area contributed by atoms with Gasteiger partial charge in [-0.05, 0) is 25.8 Å². The van der Waals surface area contributed by atoms with Crippen molar-refractivity contribution in [3.8, 4) is 0 Å². The van der Waals surface area contributed by atoms with Crippen LogP contribution in [-0.2, 0) is 9.59 Å². The van der Waals surface area contributed by atoms with Crippen molar-refractivity contribution in [1.82, 2.24) is 10.6 Å². The first-order valence-electron chi connectivity index (χ1n) is 6.40. The molecule has 5 heteroatoms. The number of aliphatic carboxylic acids is 1. The second kappa shape index (κ2) is 5.04. The van der Waals surface area contributed by atoms with Gasteiger partial charge in [0.2, 0.25) is 5.91 Å². The van der Waals surface area contributed by atoms with Crippen LogP contribution in [0.5, 0.6) is 0 Å². The van der Waals surface area contributed by atoms with Crippen LogP contribution in [0.15, 0.2) is 0 Å². The zero-order valence-electron chi connectivity index (χ0n) is 10.00. The first-order valence-corrected chi connectivity index (χ1v) is 6.40. The van der Waals surface area contributed by atoms with Crippen molar-refractivity contribution >= 4 is 11.9 Å². The Hall–Kier alpha value is -1.10. The highest BCUT2D eigenvalue weighted by Gasteiger charge is 2.42. The summed E-state index contributed by atoms with van der Waals surface area (Å²) in [5, 5.41) is 15.3. The van der Waals surface area contributed by atoms with Gasteiger partial charge in [0, 0.05) is 6.54 Å². The highest BCUT2D eigenvalue weighted by molar-refractivity contribution is 5.88. The maximum absolute atomic E-state index is 12.0. The van der Waals surface area contributed by atoms with E-state index in [0.717, 1.165) is 32.2 Å². The highest BCUT2D eigenvalue weighted by atomic mass is 16.4. The average Bonchev–Trinajstić information content (AvgIpc) is 2.83. The molecule has 2 aliphatic rings. The molecule has 0 aromatic heterocycles. The zero-order valence-corrected chi connectivity index (χ0v) is 10.00. The van der Waals surface area contributed by atoms with Crippen molar-refractivity contribution in [2.75, 3.05) is 13.1 Å². The smallest absolute Gasteiger partial charge is 0.329 e. The number of carboxylic acids is 1.